The van der Waals surface area contributed by atoms with Gasteiger partial charge >= 0.3 is 0 Å². The van der Waals surface area contributed by atoms with Gasteiger partial charge in [-0.15, -0.1) is 0 Å². The molecular formula is C5H7FO. The second kappa shape index (κ2) is 1.62. The van der Waals surface area contributed by atoms with Crippen LogP contribution in [-0.4, -0.2) is 17.4 Å². The van der Waals surface area contributed by atoms with Crippen LogP contribution in [0.4, 0.5) is 4.39 Å². The van der Waals surface area contributed by atoms with Gasteiger partial charge < -0.3 is 5.11 Å². The zero-order valence-electron chi connectivity index (χ0n) is 3.84. The van der Waals surface area contributed by atoms with E-state index in [4.69, 9.17) is 5.11 Å². The molecule has 0 fully saturated rings. The van der Waals surface area contributed by atoms with Crippen LogP contribution in [0, 0.1) is 0 Å². The molecule has 1 nitrogen and oxygen atoms in total. The number of allylic oxidation sites excluding steroid dienone is 1. The van der Waals surface area contributed by atoms with E-state index in [2.05, 4.69) is 0 Å². The third kappa shape index (κ3) is 0.996. The number of rotatable bonds is 0. The van der Waals surface area contributed by atoms with E-state index in [0.717, 1.165) is 0 Å². The van der Waals surface area contributed by atoms with Gasteiger partial charge in [0.15, 0.2) is 0 Å². The second-order valence-electron chi connectivity index (χ2n) is 1.70. The summed E-state index contributed by atoms with van der Waals surface area (Å²) in [6.07, 6.45) is 1.67. The maximum atomic E-state index is 11.9. The fourth-order valence-electron chi connectivity index (χ4n) is 0.637. The molecule has 0 saturated heterocycles. The Hall–Kier alpha value is -0.370. The third-order valence-corrected chi connectivity index (χ3v) is 1.01. The zero-order chi connectivity index (χ0) is 5.28. The summed E-state index contributed by atoms with van der Waals surface area (Å²) < 4.78 is 11.9. The first-order chi connectivity index (χ1) is 3.29. The molecule has 1 N–H and O–H groups in total. The lowest BCUT2D eigenvalue weighted by atomic mass is 10.3. The average molecular weight is 102 g/mol. The summed E-state index contributed by atoms with van der Waals surface area (Å²) in [7, 11) is 0. The molecule has 0 amide bonds. The molecule has 1 rings (SSSR count). The van der Waals surface area contributed by atoms with Gasteiger partial charge in [0.05, 0.1) is 6.10 Å². The van der Waals surface area contributed by atoms with Crippen LogP contribution in [0.25, 0.3) is 0 Å². The van der Waals surface area contributed by atoms with Crippen molar-refractivity contribution in [3.05, 3.63) is 12.2 Å². The Kier molecular flexibility index (Phi) is 1.11. The number of hydrogen-bond donors (Lipinski definition) is 1. The van der Waals surface area contributed by atoms with Crippen molar-refractivity contribution in [2.75, 3.05) is 0 Å². The molecule has 7 heavy (non-hydrogen) atoms. The van der Waals surface area contributed by atoms with E-state index in [9.17, 15) is 4.39 Å². The van der Waals surface area contributed by atoms with E-state index in [-0.39, 0.29) is 6.42 Å². The minimum Gasteiger partial charge on any atom is -0.389 e. The summed E-state index contributed by atoms with van der Waals surface area (Å²) in [5.74, 6) is 0. The molecular weight excluding hydrogens is 95.1 g/mol. The number of alkyl halides is 1. The predicted molar refractivity (Wildman–Crippen MR) is 24.7 cm³/mol. The fourth-order valence-corrected chi connectivity index (χ4v) is 0.637. The first kappa shape index (κ1) is 4.78. The number of hydrogen-bond acceptors (Lipinski definition) is 1. The normalized spacial score (nSPS) is 39.7. The van der Waals surface area contributed by atoms with Crippen LogP contribution >= 0.6 is 0 Å². The zero-order valence-corrected chi connectivity index (χ0v) is 3.84. The molecule has 2 atom stereocenters. The molecule has 0 aliphatic heterocycles. The summed E-state index contributed by atoms with van der Waals surface area (Å²) in [4.78, 5) is 0. The van der Waals surface area contributed by atoms with Gasteiger partial charge in [0, 0.05) is 6.42 Å². The Balaban J connectivity index is 2.42. The number of aliphatic hydroxyl groups is 1. The topological polar surface area (TPSA) is 20.2 Å². The summed E-state index contributed by atoms with van der Waals surface area (Å²) in [5.41, 5.74) is 0. The van der Waals surface area contributed by atoms with Crippen molar-refractivity contribution in [1.82, 2.24) is 0 Å². The highest BCUT2D eigenvalue weighted by molar-refractivity contribution is 5.02. The van der Waals surface area contributed by atoms with E-state index in [1.54, 1.807) is 0 Å². The molecule has 0 bridgehead atoms. The van der Waals surface area contributed by atoms with Crippen LogP contribution < -0.4 is 0 Å². The predicted octanol–water partition coefficient (Wildman–Crippen LogP) is 0.645. The van der Waals surface area contributed by atoms with Gasteiger partial charge in [-0.2, -0.15) is 0 Å². The standard InChI is InChI=1S/C5H7FO/c6-4-1-2-5(7)3-4/h1-2,4-5,7H,3H2/t4-,5-/m1/s1. The Morgan fingerprint density at radius 2 is 2.29 bits per heavy atom. The lowest BCUT2D eigenvalue weighted by Crippen LogP contribution is -2.00. The van der Waals surface area contributed by atoms with Crippen LogP contribution in [0.15, 0.2) is 12.2 Å². The maximum Gasteiger partial charge on any atom is 0.121 e. The van der Waals surface area contributed by atoms with Crippen LogP contribution in [0.2, 0.25) is 0 Å². The highest BCUT2D eigenvalue weighted by Crippen LogP contribution is 2.12. The lowest BCUT2D eigenvalue weighted by Gasteiger charge is -1.94. The van der Waals surface area contributed by atoms with E-state index in [0.29, 0.717) is 0 Å². The van der Waals surface area contributed by atoms with Gasteiger partial charge in [-0.1, -0.05) is 12.2 Å². The largest absolute Gasteiger partial charge is 0.389 e. The Morgan fingerprint density at radius 3 is 2.43 bits per heavy atom. The van der Waals surface area contributed by atoms with Crippen molar-refractivity contribution in [2.45, 2.75) is 18.7 Å². The minimum atomic E-state index is -0.907. The van der Waals surface area contributed by atoms with Crippen molar-refractivity contribution in [1.29, 1.82) is 0 Å². The minimum absolute atomic E-state index is 0.250. The molecule has 0 unspecified atom stereocenters. The number of halogens is 1. The maximum absolute atomic E-state index is 11.9. The molecule has 0 aromatic rings. The molecule has 1 aliphatic rings. The van der Waals surface area contributed by atoms with Gasteiger partial charge in [0.25, 0.3) is 0 Å². The SMILES string of the molecule is O[C@@H]1C=C[C@@H](F)C1. The molecule has 1 aliphatic carbocycles. The van der Waals surface area contributed by atoms with Gasteiger partial charge in [0.2, 0.25) is 0 Å². The molecule has 0 radical (unpaired) electrons. The van der Waals surface area contributed by atoms with Gasteiger partial charge in [-0.3, -0.25) is 0 Å². The summed E-state index contributed by atoms with van der Waals surface area (Å²) in [6.45, 7) is 0. The van der Waals surface area contributed by atoms with Gasteiger partial charge in [-0.05, 0) is 0 Å². The average Bonchev–Trinajstić information content (AvgIpc) is 1.87. The smallest absolute Gasteiger partial charge is 0.121 e. The first-order valence-corrected chi connectivity index (χ1v) is 2.29. The Labute approximate surface area is 41.5 Å². The van der Waals surface area contributed by atoms with Crippen molar-refractivity contribution in [3.8, 4) is 0 Å². The summed E-state index contributed by atoms with van der Waals surface area (Å²) in [5, 5.41) is 8.57. The molecule has 2 heteroatoms. The van der Waals surface area contributed by atoms with Crippen molar-refractivity contribution >= 4 is 0 Å². The third-order valence-electron chi connectivity index (χ3n) is 1.01. The summed E-state index contributed by atoms with van der Waals surface area (Å²) in [6, 6.07) is 0. The first-order valence-electron chi connectivity index (χ1n) is 2.29. The van der Waals surface area contributed by atoms with Crippen LogP contribution in [0.1, 0.15) is 6.42 Å². The molecule has 0 aromatic heterocycles. The highest BCUT2D eigenvalue weighted by Gasteiger charge is 2.13. The second-order valence-corrected chi connectivity index (χ2v) is 1.70. The van der Waals surface area contributed by atoms with Crippen molar-refractivity contribution in [2.24, 2.45) is 0 Å². The van der Waals surface area contributed by atoms with Gasteiger partial charge in [-0.25, -0.2) is 4.39 Å². The van der Waals surface area contributed by atoms with Crippen LogP contribution in [0.3, 0.4) is 0 Å². The molecule has 40 valence electrons. The molecule has 0 spiro atoms. The number of aliphatic hydroxyl groups excluding tert-OH is 1. The van der Waals surface area contributed by atoms with E-state index in [1.807, 2.05) is 0 Å². The Bertz CT molecular complexity index is 80.1. The quantitative estimate of drug-likeness (QED) is 0.445. The monoisotopic (exact) mass is 102 g/mol. The molecule has 0 aromatic carbocycles. The van der Waals surface area contributed by atoms with Crippen molar-refractivity contribution in [3.63, 3.8) is 0 Å². The van der Waals surface area contributed by atoms with E-state index >= 15 is 0 Å². The Morgan fingerprint density at radius 1 is 1.57 bits per heavy atom. The van der Waals surface area contributed by atoms with Crippen LogP contribution in [-0.2, 0) is 0 Å². The highest BCUT2D eigenvalue weighted by atomic mass is 19.1. The summed E-state index contributed by atoms with van der Waals surface area (Å²) >= 11 is 0. The van der Waals surface area contributed by atoms with E-state index < -0.39 is 12.3 Å². The lowest BCUT2D eigenvalue weighted by molar-refractivity contribution is 0.197. The van der Waals surface area contributed by atoms with Crippen LogP contribution in [0.5, 0.6) is 0 Å². The molecule has 0 saturated carbocycles. The fraction of sp³-hybridized carbons (Fsp3) is 0.600. The van der Waals surface area contributed by atoms with Crippen molar-refractivity contribution < 1.29 is 9.50 Å². The van der Waals surface area contributed by atoms with E-state index in [1.165, 1.54) is 12.2 Å². The van der Waals surface area contributed by atoms with Gasteiger partial charge in [0.1, 0.15) is 6.17 Å². The molecule has 0 heterocycles.